The van der Waals surface area contributed by atoms with Crippen LogP contribution in [0, 0.1) is 24.7 Å². The Morgan fingerprint density at radius 3 is 2.12 bits per heavy atom. The average molecular weight is 228 g/mol. The molecule has 2 nitrogen and oxygen atoms in total. The monoisotopic (exact) mass is 228 g/mol. The molecular formula is C15H20N2. The molecule has 90 valence electrons. The lowest BCUT2D eigenvalue weighted by Crippen LogP contribution is -2.48. The van der Waals surface area contributed by atoms with Gasteiger partial charge in [-0.25, -0.2) is 0 Å². The molecule has 1 aromatic heterocycles. The van der Waals surface area contributed by atoms with E-state index in [-0.39, 0.29) is 0 Å². The highest BCUT2D eigenvalue weighted by molar-refractivity contribution is 5.25. The van der Waals surface area contributed by atoms with Gasteiger partial charge in [0.05, 0.1) is 5.69 Å². The summed E-state index contributed by atoms with van der Waals surface area (Å²) in [5.74, 6) is 2.93. The lowest BCUT2D eigenvalue weighted by atomic mass is 9.49. The summed E-state index contributed by atoms with van der Waals surface area (Å²) in [6, 6.07) is 2.13. The van der Waals surface area contributed by atoms with E-state index in [1.807, 2.05) is 11.7 Å². The Labute approximate surface area is 103 Å². The van der Waals surface area contributed by atoms with Gasteiger partial charge < -0.3 is 0 Å². The first-order valence-corrected chi connectivity index (χ1v) is 6.95. The van der Waals surface area contributed by atoms with Crippen LogP contribution in [0.2, 0.25) is 0 Å². The summed E-state index contributed by atoms with van der Waals surface area (Å²) in [4.78, 5) is 0. The van der Waals surface area contributed by atoms with Crippen LogP contribution in [-0.2, 0) is 12.5 Å². The van der Waals surface area contributed by atoms with Crippen molar-refractivity contribution in [2.45, 2.75) is 43.9 Å². The van der Waals surface area contributed by atoms with Gasteiger partial charge >= 0.3 is 0 Å². The summed E-state index contributed by atoms with van der Waals surface area (Å²) in [5.41, 5.74) is 2.50. The van der Waals surface area contributed by atoms with Crippen molar-refractivity contribution in [2.75, 3.05) is 0 Å². The summed E-state index contributed by atoms with van der Waals surface area (Å²) in [5, 5.41) is 4.69. The first kappa shape index (κ1) is 10.2. The minimum absolute atomic E-state index is 0.393. The SMILES string of the molecule is [CH]c1cc(C23CC4CC(CC(C4)C2)C3)nn1C. The second-order valence-electron chi connectivity index (χ2n) is 6.78. The van der Waals surface area contributed by atoms with Crippen LogP contribution in [0.1, 0.15) is 49.9 Å². The number of aryl methyl sites for hydroxylation is 1. The maximum absolute atomic E-state index is 5.96. The Bertz CT molecular complexity index is 403. The van der Waals surface area contributed by atoms with Crippen LogP contribution in [0.4, 0.5) is 0 Å². The third-order valence-corrected chi connectivity index (χ3v) is 5.50. The van der Waals surface area contributed by atoms with Crippen molar-refractivity contribution in [2.24, 2.45) is 24.8 Å². The molecule has 0 aromatic carbocycles. The fraction of sp³-hybridized carbons (Fsp3) is 0.733. The number of hydrogen-bond acceptors (Lipinski definition) is 1. The molecule has 0 spiro atoms. The van der Waals surface area contributed by atoms with E-state index in [0.29, 0.717) is 5.41 Å². The van der Waals surface area contributed by atoms with Gasteiger partial charge in [-0.2, -0.15) is 5.10 Å². The molecule has 17 heavy (non-hydrogen) atoms. The number of rotatable bonds is 1. The Morgan fingerprint density at radius 1 is 1.18 bits per heavy atom. The van der Waals surface area contributed by atoms with E-state index in [4.69, 9.17) is 12.0 Å². The number of hydrogen-bond donors (Lipinski definition) is 0. The van der Waals surface area contributed by atoms with E-state index in [9.17, 15) is 0 Å². The highest BCUT2D eigenvalue weighted by Crippen LogP contribution is 2.60. The van der Waals surface area contributed by atoms with Crippen molar-refractivity contribution in [3.05, 3.63) is 24.4 Å². The van der Waals surface area contributed by atoms with Gasteiger partial charge in [-0.3, -0.25) is 4.68 Å². The van der Waals surface area contributed by atoms with Gasteiger partial charge in [0, 0.05) is 25.1 Å². The van der Waals surface area contributed by atoms with Crippen LogP contribution >= 0.6 is 0 Å². The average Bonchev–Trinajstić information content (AvgIpc) is 2.58. The highest BCUT2D eigenvalue weighted by atomic mass is 15.3. The molecule has 1 heterocycles. The standard InChI is InChI=1S/C15H20N2/c1-10-3-14(16-17(10)2)15-7-11-4-12(8-15)6-13(5-11)9-15/h1,3,11-13H,4-9H2,2H3. The maximum atomic E-state index is 5.96. The van der Waals surface area contributed by atoms with E-state index in [2.05, 4.69) is 6.07 Å². The maximum Gasteiger partial charge on any atom is 0.0689 e. The second-order valence-corrected chi connectivity index (χ2v) is 6.78. The molecule has 0 saturated heterocycles. The number of aromatic nitrogens is 2. The van der Waals surface area contributed by atoms with Crippen molar-refractivity contribution < 1.29 is 0 Å². The molecule has 0 amide bonds. The van der Waals surface area contributed by atoms with Crippen LogP contribution in [0.15, 0.2) is 6.07 Å². The zero-order valence-corrected chi connectivity index (χ0v) is 10.5. The third-order valence-electron chi connectivity index (χ3n) is 5.50. The van der Waals surface area contributed by atoms with E-state index >= 15 is 0 Å². The zero-order chi connectivity index (χ0) is 11.6. The van der Waals surface area contributed by atoms with Crippen molar-refractivity contribution in [1.29, 1.82) is 0 Å². The second kappa shape index (κ2) is 3.15. The van der Waals surface area contributed by atoms with Crippen LogP contribution in [0.25, 0.3) is 0 Å². The van der Waals surface area contributed by atoms with Crippen LogP contribution < -0.4 is 0 Å². The minimum Gasteiger partial charge on any atom is -0.272 e. The fourth-order valence-electron chi connectivity index (χ4n) is 5.17. The van der Waals surface area contributed by atoms with Crippen molar-refractivity contribution in [3.8, 4) is 0 Å². The third kappa shape index (κ3) is 1.36. The highest BCUT2D eigenvalue weighted by Gasteiger charge is 2.52. The lowest BCUT2D eigenvalue weighted by Gasteiger charge is -2.56. The van der Waals surface area contributed by atoms with Gasteiger partial charge in [-0.15, -0.1) is 0 Å². The minimum atomic E-state index is 0.393. The molecule has 1 aromatic rings. The summed E-state index contributed by atoms with van der Waals surface area (Å²) >= 11 is 0. The Hall–Kier alpha value is -0.790. The largest absolute Gasteiger partial charge is 0.272 e. The molecule has 4 aliphatic rings. The zero-order valence-electron chi connectivity index (χ0n) is 10.5. The van der Waals surface area contributed by atoms with E-state index in [1.165, 1.54) is 44.2 Å². The lowest BCUT2D eigenvalue weighted by molar-refractivity contribution is -0.00742. The molecular weight excluding hydrogens is 208 g/mol. The Morgan fingerprint density at radius 2 is 1.71 bits per heavy atom. The Kier molecular flexibility index (Phi) is 1.88. The van der Waals surface area contributed by atoms with Crippen molar-refractivity contribution >= 4 is 0 Å². The summed E-state index contributed by atoms with van der Waals surface area (Å²) < 4.78 is 1.84. The van der Waals surface area contributed by atoms with Crippen molar-refractivity contribution in [1.82, 2.24) is 9.78 Å². The molecule has 0 atom stereocenters. The molecule has 0 N–H and O–H groups in total. The molecule has 4 fully saturated rings. The quantitative estimate of drug-likeness (QED) is 0.722. The molecule has 0 aliphatic heterocycles. The molecule has 0 unspecified atom stereocenters. The van der Waals surface area contributed by atoms with E-state index in [0.717, 1.165) is 23.4 Å². The topological polar surface area (TPSA) is 17.8 Å². The van der Waals surface area contributed by atoms with Gasteiger partial charge in [0.2, 0.25) is 0 Å². The Balaban J connectivity index is 1.77. The smallest absolute Gasteiger partial charge is 0.0689 e. The van der Waals surface area contributed by atoms with Gasteiger partial charge in [0.15, 0.2) is 0 Å². The summed E-state index contributed by atoms with van der Waals surface area (Å²) in [6.07, 6.45) is 8.57. The normalized spacial score (nSPS) is 43.3. The molecule has 2 heteroatoms. The molecule has 4 saturated carbocycles. The number of nitrogens with zero attached hydrogens (tertiary/aromatic N) is 2. The fourth-order valence-corrected chi connectivity index (χ4v) is 5.17. The van der Waals surface area contributed by atoms with Gasteiger partial charge in [-0.1, -0.05) is 0 Å². The first-order valence-electron chi connectivity index (χ1n) is 6.95. The summed E-state index contributed by atoms with van der Waals surface area (Å²) in [7, 11) is 1.96. The van der Waals surface area contributed by atoms with E-state index < -0.39 is 0 Å². The predicted molar refractivity (Wildman–Crippen MR) is 66.5 cm³/mol. The van der Waals surface area contributed by atoms with Crippen molar-refractivity contribution in [3.63, 3.8) is 0 Å². The molecule has 4 bridgehead atoms. The van der Waals surface area contributed by atoms with E-state index in [1.54, 1.807) is 0 Å². The first-order chi connectivity index (χ1) is 8.14. The molecule has 4 aliphatic carbocycles. The summed E-state index contributed by atoms with van der Waals surface area (Å²) in [6.45, 7) is 5.96. The predicted octanol–water partition coefficient (Wildman–Crippen LogP) is 2.95. The van der Waals surface area contributed by atoms with Gasteiger partial charge in [0.1, 0.15) is 0 Å². The molecule has 5 rings (SSSR count). The van der Waals surface area contributed by atoms with Gasteiger partial charge in [-0.05, 0) is 62.3 Å². The molecule has 2 radical (unpaired) electrons. The van der Waals surface area contributed by atoms with Crippen LogP contribution in [-0.4, -0.2) is 9.78 Å². The van der Waals surface area contributed by atoms with Crippen LogP contribution in [0.3, 0.4) is 0 Å². The van der Waals surface area contributed by atoms with Gasteiger partial charge in [0.25, 0.3) is 0 Å². The van der Waals surface area contributed by atoms with Crippen LogP contribution in [0.5, 0.6) is 0 Å².